The van der Waals surface area contributed by atoms with Crippen molar-refractivity contribution in [2.45, 2.75) is 37.6 Å². The summed E-state index contributed by atoms with van der Waals surface area (Å²) in [5, 5.41) is 2.86. The molecule has 1 aliphatic heterocycles. The van der Waals surface area contributed by atoms with Gasteiger partial charge >= 0.3 is 0 Å². The van der Waals surface area contributed by atoms with Crippen LogP contribution in [0.4, 0.5) is 0 Å². The highest BCUT2D eigenvalue weighted by Crippen LogP contribution is 2.43. The minimum absolute atomic E-state index is 0.00659. The summed E-state index contributed by atoms with van der Waals surface area (Å²) in [7, 11) is -3.03. The molecule has 1 aromatic rings. The van der Waals surface area contributed by atoms with Crippen LogP contribution in [0.1, 0.15) is 31.7 Å². The van der Waals surface area contributed by atoms with Crippen LogP contribution >= 0.6 is 0 Å². The Bertz CT molecular complexity index is 743. The number of benzene rings is 1. The summed E-state index contributed by atoms with van der Waals surface area (Å²) in [5.74, 6) is -0.345. The topological polar surface area (TPSA) is 83.6 Å². The largest absolute Gasteiger partial charge is 0.344 e. The first-order valence-corrected chi connectivity index (χ1v) is 10.5. The summed E-state index contributed by atoms with van der Waals surface area (Å²) in [6, 6.07) is 9.03. The normalized spacial score (nSPS) is 22.5. The van der Waals surface area contributed by atoms with Gasteiger partial charge in [0.05, 0.1) is 16.9 Å². The lowest BCUT2D eigenvalue weighted by atomic mass is 9.63. The van der Waals surface area contributed by atoms with Gasteiger partial charge in [0.25, 0.3) is 0 Å². The van der Waals surface area contributed by atoms with Crippen molar-refractivity contribution < 1.29 is 18.0 Å². The molecule has 0 unspecified atom stereocenters. The molecule has 7 heteroatoms. The Morgan fingerprint density at radius 2 is 1.72 bits per heavy atom. The van der Waals surface area contributed by atoms with Crippen LogP contribution in [0.15, 0.2) is 30.3 Å². The lowest BCUT2D eigenvalue weighted by Gasteiger charge is -2.41. The summed E-state index contributed by atoms with van der Waals surface area (Å²) < 4.78 is 23.0. The van der Waals surface area contributed by atoms with Crippen LogP contribution in [0.25, 0.3) is 0 Å². The average molecular weight is 364 g/mol. The van der Waals surface area contributed by atoms with Crippen LogP contribution < -0.4 is 5.32 Å². The minimum atomic E-state index is -3.03. The van der Waals surface area contributed by atoms with Gasteiger partial charge in [-0.05, 0) is 25.3 Å². The van der Waals surface area contributed by atoms with Gasteiger partial charge in [-0.25, -0.2) is 8.42 Å². The first-order chi connectivity index (χ1) is 11.8. The molecule has 2 aliphatic rings. The van der Waals surface area contributed by atoms with E-state index >= 15 is 0 Å². The lowest BCUT2D eigenvalue weighted by molar-refractivity contribution is -0.138. The number of sulfone groups is 1. The van der Waals surface area contributed by atoms with Crippen molar-refractivity contribution in [2.24, 2.45) is 0 Å². The average Bonchev–Trinajstić information content (AvgIpc) is 2.54. The third-order valence-electron chi connectivity index (χ3n) is 5.34. The fourth-order valence-electron chi connectivity index (χ4n) is 3.54. The highest BCUT2D eigenvalue weighted by atomic mass is 32.2. The third-order valence-corrected chi connectivity index (χ3v) is 6.95. The number of nitrogens with zero attached hydrogens (tertiary/aromatic N) is 1. The molecule has 3 rings (SSSR count). The highest BCUT2D eigenvalue weighted by Gasteiger charge is 2.46. The standard InChI is InChI=1S/C18H24N2O4S/c1-14(16(21)20-10-12-25(23,24)13-11-20)19-17(22)18(8-5-9-18)15-6-3-2-4-7-15/h2-4,6-7,14H,5,8-13H2,1H3,(H,19,22)/t14-/m0/s1. The van der Waals surface area contributed by atoms with E-state index in [1.807, 2.05) is 30.3 Å². The predicted molar refractivity (Wildman–Crippen MR) is 94.8 cm³/mol. The molecule has 25 heavy (non-hydrogen) atoms. The fraction of sp³-hybridized carbons (Fsp3) is 0.556. The van der Waals surface area contributed by atoms with E-state index in [1.165, 1.54) is 4.90 Å². The van der Waals surface area contributed by atoms with Gasteiger partial charge in [0.1, 0.15) is 6.04 Å². The molecule has 1 heterocycles. The smallest absolute Gasteiger partial charge is 0.244 e. The van der Waals surface area contributed by atoms with Gasteiger partial charge < -0.3 is 10.2 Å². The molecule has 2 amide bonds. The van der Waals surface area contributed by atoms with Crippen molar-refractivity contribution in [1.29, 1.82) is 0 Å². The van der Waals surface area contributed by atoms with E-state index in [1.54, 1.807) is 6.92 Å². The second-order valence-electron chi connectivity index (χ2n) is 6.97. The van der Waals surface area contributed by atoms with Crippen molar-refractivity contribution in [2.75, 3.05) is 24.6 Å². The molecule has 1 aromatic carbocycles. The number of nitrogens with one attached hydrogen (secondary N) is 1. The molecule has 1 saturated carbocycles. The summed E-state index contributed by atoms with van der Waals surface area (Å²) in [6.45, 7) is 2.07. The van der Waals surface area contributed by atoms with Crippen LogP contribution in [-0.4, -0.2) is 55.8 Å². The van der Waals surface area contributed by atoms with Crippen molar-refractivity contribution in [1.82, 2.24) is 10.2 Å². The van der Waals surface area contributed by atoms with E-state index in [9.17, 15) is 18.0 Å². The Balaban J connectivity index is 1.65. The SMILES string of the molecule is C[C@H](NC(=O)C1(c2ccccc2)CCC1)C(=O)N1CCS(=O)(=O)CC1. The van der Waals surface area contributed by atoms with Gasteiger partial charge in [-0.2, -0.15) is 0 Å². The first-order valence-electron chi connectivity index (χ1n) is 8.70. The van der Waals surface area contributed by atoms with Gasteiger partial charge in [-0.3, -0.25) is 9.59 Å². The van der Waals surface area contributed by atoms with E-state index in [0.717, 1.165) is 24.8 Å². The van der Waals surface area contributed by atoms with E-state index in [2.05, 4.69) is 5.32 Å². The lowest BCUT2D eigenvalue weighted by Crippen LogP contribution is -2.56. The molecule has 6 nitrogen and oxygen atoms in total. The molecule has 2 fully saturated rings. The maximum absolute atomic E-state index is 12.9. The van der Waals surface area contributed by atoms with Crippen LogP contribution in [0.3, 0.4) is 0 Å². The summed E-state index contributed by atoms with van der Waals surface area (Å²) in [6.07, 6.45) is 2.56. The summed E-state index contributed by atoms with van der Waals surface area (Å²) in [5.41, 5.74) is 0.448. The van der Waals surface area contributed by atoms with E-state index in [0.29, 0.717) is 0 Å². The molecule has 136 valence electrons. The van der Waals surface area contributed by atoms with Gasteiger partial charge in [0, 0.05) is 13.1 Å². The van der Waals surface area contributed by atoms with Crippen LogP contribution in [0, 0.1) is 0 Å². The Kier molecular flexibility index (Phi) is 4.86. The monoisotopic (exact) mass is 364 g/mol. The predicted octanol–water partition coefficient (Wildman–Crippen LogP) is 0.870. The zero-order valence-electron chi connectivity index (χ0n) is 14.4. The Hall–Kier alpha value is -1.89. The second-order valence-corrected chi connectivity index (χ2v) is 9.28. The first kappa shape index (κ1) is 17.9. The molecule has 1 atom stereocenters. The Labute approximate surface area is 148 Å². The number of carbonyl (C=O) groups is 2. The quantitative estimate of drug-likeness (QED) is 0.859. The Morgan fingerprint density at radius 1 is 1.12 bits per heavy atom. The molecule has 0 bridgehead atoms. The molecule has 0 spiro atoms. The number of amides is 2. The maximum atomic E-state index is 12.9. The molecular weight excluding hydrogens is 340 g/mol. The summed E-state index contributed by atoms with van der Waals surface area (Å²) in [4.78, 5) is 26.9. The van der Waals surface area contributed by atoms with Crippen molar-refractivity contribution in [3.05, 3.63) is 35.9 Å². The van der Waals surface area contributed by atoms with Crippen LogP contribution in [-0.2, 0) is 24.8 Å². The number of hydrogen-bond acceptors (Lipinski definition) is 4. The molecule has 0 aromatic heterocycles. The fourth-order valence-corrected chi connectivity index (χ4v) is 4.74. The Morgan fingerprint density at radius 3 is 2.24 bits per heavy atom. The number of carbonyl (C=O) groups excluding carboxylic acids is 2. The molecule has 1 aliphatic carbocycles. The molecule has 0 radical (unpaired) electrons. The van der Waals surface area contributed by atoms with E-state index < -0.39 is 21.3 Å². The van der Waals surface area contributed by atoms with Gasteiger partial charge in [0.15, 0.2) is 9.84 Å². The minimum Gasteiger partial charge on any atom is -0.344 e. The van der Waals surface area contributed by atoms with E-state index in [-0.39, 0.29) is 36.4 Å². The molecule has 1 saturated heterocycles. The number of rotatable bonds is 4. The van der Waals surface area contributed by atoms with Crippen LogP contribution in [0.5, 0.6) is 0 Å². The van der Waals surface area contributed by atoms with Crippen molar-refractivity contribution in [3.63, 3.8) is 0 Å². The van der Waals surface area contributed by atoms with Gasteiger partial charge in [-0.15, -0.1) is 0 Å². The second kappa shape index (κ2) is 6.78. The van der Waals surface area contributed by atoms with Crippen molar-refractivity contribution in [3.8, 4) is 0 Å². The molecule has 1 N–H and O–H groups in total. The maximum Gasteiger partial charge on any atom is 0.244 e. The van der Waals surface area contributed by atoms with E-state index in [4.69, 9.17) is 0 Å². The van der Waals surface area contributed by atoms with Crippen molar-refractivity contribution >= 4 is 21.7 Å². The van der Waals surface area contributed by atoms with Crippen LogP contribution in [0.2, 0.25) is 0 Å². The summed E-state index contributed by atoms with van der Waals surface area (Å²) >= 11 is 0. The third kappa shape index (κ3) is 3.56. The molecular formula is C18H24N2O4S. The van der Waals surface area contributed by atoms with Gasteiger partial charge in [-0.1, -0.05) is 36.8 Å². The highest BCUT2D eigenvalue weighted by molar-refractivity contribution is 7.91. The zero-order valence-corrected chi connectivity index (χ0v) is 15.2. The van der Waals surface area contributed by atoms with Gasteiger partial charge in [0.2, 0.25) is 11.8 Å². The number of hydrogen-bond donors (Lipinski definition) is 1. The zero-order chi connectivity index (χ0) is 18.1.